The van der Waals surface area contributed by atoms with Crippen molar-refractivity contribution >= 4 is 15.8 Å². The molecule has 0 spiro atoms. The van der Waals surface area contributed by atoms with Gasteiger partial charge in [0, 0.05) is 0 Å². The van der Waals surface area contributed by atoms with E-state index in [0.29, 0.717) is 0 Å². The Balaban J connectivity index is -0.0000000178. The first-order valence-corrected chi connectivity index (χ1v) is 4.30. The number of hydrogen-bond acceptors (Lipinski definition) is 6. The smallest absolute Gasteiger partial charge is 0.786 e. The molecule has 0 aliphatic rings. The van der Waals surface area contributed by atoms with Crippen molar-refractivity contribution < 1.29 is 155 Å². The van der Waals surface area contributed by atoms with Gasteiger partial charge in [-0.3, -0.25) is 0 Å². The summed E-state index contributed by atoms with van der Waals surface area (Å²) in [6.45, 7) is 0. The summed E-state index contributed by atoms with van der Waals surface area (Å²) < 4.78 is 37.1. The van der Waals surface area contributed by atoms with E-state index in [1.165, 1.54) is 0 Å². The fourth-order valence-corrected chi connectivity index (χ4v) is 0. The van der Waals surface area contributed by atoms with Crippen LogP contribution in [0.1, 0.15) is 0 Å². The van der Waals surface area contributed by atoms with Crippen molar-refractivity contribution in [3.63, 3.8) is 0 Å². The van der Waals surface area contributed by atoms with E-state index in [2.05, 4.69) is 0 Å². The quantitative estimate of drug-likeness (QED) is 0.322. The minimum absolute atomic E-state index is 0. The molecule has 0 aliphatic heterocycles. The minimum atomic E-state index is -5.64. The molecule has 64 valence electrons. The van der Waals surface area contributed by atoms with Crippen LogP contribution in [0.15, 0.2) is 0 Å². The van der Waals surface area contributed by atoms with E-state index in [4.69, 9.17) is 28.7 Å². The van der Waals surface area contributed by atoms with Crippen LogP contribution in [-0.2, 0) is 9.13 Å². The molecule has 0 atom stereocenters. The maximum Gasteiger partial charge on any atom is 1.00 e. The van der Waals surface area contributed by atoms with Gasteiger partial charge in [-0.25, -0.2) is 8.39 Å². The van der Waals surface area contributed by atoms with Gasteiger partial charge >= 0.3 is 118 Å². The Labute approximate surface area is 168 Å². The van der Waals surface area contributed by atoms with Gasteiger partial charge < -0.3 is 28.7 Å². The first-order chi connectivity index (χ1) is 4.00. The maximum atomic E-state index is 10.1. The molecule has 0 amide bonds. The van der Waals surface area contributed by atoms with Gasteiger partial charge in [-0.1, -0.05) is 0 Å². The molecule has 0 fully saturated rings. The van der Waals surface area contributed by atoms with Gasteiger partial charge in [-0.2, -0.15) is 0 Å². The van der Waals surface area contributed by atoms with Gasteiger partial charge in [0.1, 0.15) is 15.8 Å². The van der Waals surface area contributed by atoms with Gasteiger partial charge in [-0.15, -0.1) is 0 Å². The van der Waals surface area contributed by atoms with Crippen molar-refractivity contribution in [3.8, 4) is 0 Å². The molecule has 0 rings (SSSR count). The standard InChI is InChI=1S/2FH2O3P.4Na/c2*1-5(2,3)4;;;;/h2*(H2,2,3,4);;;;/q;;4*+1/p-4. The van der Waals surface area contributed by atoms with Gasteiger partial charge in [0.2, 0.25) is 0 Å². The van der Waals surface area contributed by atoms with Crippen LogP contribution < -0.4 is 138 Å². The summed E-state index contributed by atoms with van der Waals surface area (Å²) in [6.07, 6.45) is 0. The Morgan fingerprint density at radius 3 is 0.643 bits per heavy atom. The molecule has 0 saturated heterocycles. The predicted molar refractivity (Wildman–Crippen MR) is 17.4 cm³/mol. The first kappa shape index (κ1) is 36.2. The third kappa shape index (κ3) is 215. The van der Waals surface area contributed by atoms with E-state index in [1.54, 1.807) is 0 Å². The van der Waals surface area contributed by atoms with E-state index in [9.17, 15) is 8.39 Å². The van der Waals surface area contributed by atoms with Crippen LogP contribution >= 0.6 is 15.8 Å². The number of rotatable bonds is 0. The van der Waals surface area contributed by atoms with Crippen molar-refractivity contribution in [3.05, 3.63) is 0 Å². The third-order valence-corrected chi connectivity index (χ3v) is 0. The van der Waals surface area contributed by atoms with Crippen LogP contribution in [0.5, 0.6) is 0 Å². The zero-order valence-corrected chi connectivity index (χ0v) is 17.9. The Hall–Kier alpha value is 4.16. The Kier molecular flexibility index (Phi) is 44.3. The van der Waals surface area contributed by atoms with Crippen LogP contribution in [0.3, 0.4) is 0 Å². The Morgan fingerprint density at radius 1 is 0.643 bits per heavy atom. The van der Waals surface area contributed by atoms with E-state index in [1.807, 2.05) is 0 Å². The molecule has 0 aliphatic carbocycles. The molecular weight excluding hydrogens is 288 g/mol. The van der Waals surface area contributed by atoms with Gasteiger partial charge in [0.05, 0.1) is 0 Å². The molecule has 0 bridgehead atoms. The molecule has 0 heterocycles. The van der Waals surface area contributed by atoms with Crippen LogP contribution in [0.25, 0.3) is 0 Å². The molecule has 0 aromatic carbocycles. The summed E-state index contributed by atoms with van der Waals surface area (Å²) in [5.41, 5.74) is 0. The topological polar surface area (TPSA) is 126 Å². The van der Waals surface area contributed by atoms with Gasteiger partial charge in [0.15, 0.2) is 0 Å². The molecule has 0 radical (unpaired) electrons. The zero-order valence-electron chi connectivity index (χ0n) is 8.10. The molecular formula is F2Na4O6P2. The zero-order chi connectivity index (χ0) is 9.00. The normalized spacial score (nSPS) is 8.43. The van der Waals surface area contributed by atoms with Gasteiger partial charge in [0.25, 0.3) is 0 Å². The fraction of sp³-hybridized carbons (Fsp3) is 0. The average Bonchev–Trinajstić information content (AvgIpc) is 1.12. The van der Waals surface area contributed by atoms with Crippen LogP contribution in [0, 0.1) is 0 Å². The monoisotopic (exact) mass is 288 g/mol. The summed E-state index contributed by atoms with van der Waals surface area (Å²) >= 11 is 0. The predicted octanol–water partition coefficient (Wildman–Crippen LogP) is -14.4. The maximum absolute atomic E-state index is 10.1. The van der Waals surface area contributed by atoms with Crippen molar-refractivity contribution in [2.75, 3.05) is 0 Å². The van der Waals surface area contributed by atoms with Gasteiger partial charge in [-0.05, 0) is 0 Å². The van der Waals surface area contributed by atoms with E-state index in [-0.39, 0.29) is 118 Å². The molecule has 14 heavy (non-hydrogen) atoms. The van der Waals surface area contributed by atoms with Crippen molar-refractivity contribution in [2.45, 2.75) is 0 Å². The minimum Gasteiger partial charge on any atom is -0.786 e. The second-order valence-electron chi connectivity index (χ2n) is 0.861. The van der Waals surface area contributed by atoms with Crippen molar-refractivity contribution in [2.24, 2.45) is 0 Å². The molecule has 6 nitrogen and oxygen atoms in total. The average molecular weight is 288 g/mol. The summed E-state index contributed by atoms with van der Waals surface area (Å²) in [4.78, 5) is 33.8. The fourth-order valence-electron chi connectivity index (χ4n) is 0. The number of halogens is 2. The summed E-state index contributed by atoms with van der Waals surface area (Å²) in [7, 11) is -11.3. The largest absolute Gasteiger partial charge is 1.00 e. The van der Waals surface area contributed by atoms with E-state index in [0.717, 1.165) is 0 Å². The summed E-state index contributed by atoms with van der Waals surface area (Å²) in [5, 5.41) is 0. The molecule has 0 aromatic heterocycles. The van der Waals surface area contributed by atoms with Crippen LogP contribution in [0.2, 0.25) is 0 Å². The SMILES string of the molecule is O=P([O-])([O-])F.O=P([O-])([O-])F.[Na+].[Na+].[Na+].[Na+]. The summed E-state index contributed by atoms with van der Waals surface area (Å²) in [6, 6.07) is 0. The molecule has 0 unspecified atom stereocenters. The number of hydrogen-bond donors (Lipinski definition) is 0. The Bertz CT molecular complexity index is 138. The third-order valence-electron chi connectivity index (χ3n) is 0. The first-order valence-electron chi connectivity index (χ1n) is 1.43. The molecule has 0 N–H and O–H groups in total. The Morgan fingerprint density at radius 2 is 0.643 bits per heavy atom. The van der Waals surface area contributed by atoms with Crippen LogP contribution in [-0.4, -0.2) is 0 Å². The van der Waals surface area contributed by atoms with Crippen LogP contribution in [0.4, 0.5) is 8.39 Å². The molecule has 0 aromatic rings. The van der Waals surface area contributed by atoms with Crippen molar-refractivity contribution in [1.29, 1.82) is 0 Å². The second-order valence-corrected chi connectivity index (χ2v) is 2.58. The van der Waals surface area contributed by atoms with Crippen molar-refractivity contribution in [1.82, 2.24) is 0 Å². The molecule has 14 heteroatoms. The molecule has 0 saturated carbocycles. The van der Waals surface area contributed by atoms with E-state index < -0.39 is 15.8 Å². The van der Waals surface area contributed by atoms with E-state index >= 15 is 0 Å². The summed E-state index contributed by atoms with van der Waals surface area (Å²) in [5.74, 6) is 0. The second kappa shape index (κ2) is 17.2.